The molecular formula is C23H27NO4S. The Balaban J connectivity index is 1.23. The number of aliphatic hydroxyl groups excluding tert-OH is 1. The van der Waals surface area contributed by atoms with E-state index in [1.54, 1.807) is 11.8 Å². The monoisotopic (exact) mass is 413 g/mol. The van der Waals surface area contributed by atoms with Crippen LogP contribution in [0.3, 0.4) is 0 Å². The van der Waals surface area contributed by atoms with Gasteiger partial charge in [-0.1, -0.05) is 24.3 Å². The first-order valence-electron chi connectivity index (χ1n) is 10.2. The minimum atomic E-state index is -0.398. The third-order valence-corrected chi connectivity index (χ3v) is 7.43. The van der Waals surface area contributed by atoms with Gasteiger partial charge in [0, 0.05) is 23.2 Å². The Kier molecular flexibility index (Phi) is 5.83. The predicted octanol–water partition coefficient (Wildman–Crippen LogP) is 4.02. The topological polar surface area (TPSA) is 66.8 Å². The van der Waals surface area contributed by atoms with E-state index in [0.29, 0.717) is 25.1 Å². The standard InChI is InChI=1S/C23H27NO4S/c1-28-20(26)13-23(10-11-23)15-29-14-17(25)7-4-12-24-19-9-3-6-16-5-2-8-18(21(16)19)22(24)27/h2-3,5-6,8-9,17,25H,4,7,10-15H2,1H3. The van der Waals surface area contributed by atoms with Crippen LogP contribution in [-0.4, -0.2) is 48.2 Å². The number of nitrogens with zero attached hydrogens (tertiary/aromatic N) is 1. The normalized spacial score (nSPS) is 17.6. The molecule has 4 rings (SSSR count). The van der Waals surface area contributed by atoms with Crippen LogP contribution in [0.15, 0.2) is 36.4 Å². The fraction of sp³-hybridized carbons (Fsp3) is 0.478. The van der Waals surface area contributed by atoms with Crippen molar-refractivity contribution in [2.75, 3.05) is 30.1 Å². The van der Waals surface area contributed by atoms with E-state index in [-0.39, 0.29) is 17.3 Å². The maximum atomic E-state index is 12.8. The van der Waals surface area contributed by atoms with Crippen LogP contribution in [-0.2, 0) is 9.53 Å². The van der Waals surface area contributed by atoms with Crippen molar-refractivity contribution in [1.29, 1.82) is 0 Å². The summed E-state index contributed by atoms with van der Waals surface area (Å²) < 4.78 is 4.78. The van der Waals surface area contributed by atoms with Gasteiger partial charge >= 0.3 is 5.97 Å². The van der Waals surface area contributed by atoms with E-state index in [0.717, 1.165) is 47.0 Å². The zero-order valence-corrected chi connectivity index (χ0v) is 17.5. The van der Waals surface area contributed by atoms with E-state index < -0.39 is 6.10 Å². The smallest absolute Gasteiger partial charge is 0.306 e. The number of amides is 1. The van der Waals surface area contributed by atoms with Crippen LogP contribution in [0.5, 0.6) is 0 Å². The summed E-state index contributed by atoms with van der Waals surface area (Å²) in [5, 5.41) is 12.5. The minimum Gasteiger partial charge on any atom is -0.469 e. The number of benzene rings is 2. The summed E-state index contributed by atoms with van der Waals surface area (Å²) >= 11 is 1.71. The molecule has 5 nitrogen and oxygen atoms in total. The van der Waals surface area contributed by atoms with E-state index >= 15 is 0 Å². The lowest BCUT2D eigenvalue weighted by molar-refractivity contribution is -0.141. The molecule has 1 atom stereocenters. The van der Waals surface area contributed by atoms with E-state index in [9.17, 15) is 14.7 Å². The van der Waals surface area contributed by atoms with Crippen LogP contribution < -0.4 is 4.90 Å². The molecule has 2 aromatic carbocycles. The van der Waals surface area contributed by atoms with Crippen LogP contribution in [0.4, 0.5) is 5.69 Å². The summed E-state index contributed by atoms with van der Waals surface area (Å²) in [7, 11) is 1.43. The molecule has 1 aliphatic heterocycles. The molecule has 1 unspecified atom stereocenters. The van der Waals surface area contributed by atoms with E-state index in [1.807, 2.05) is 41.3 Å². The molecule has 0 saturated heterocycles. The number of ether oxygens (including phenoxy) is 1. The Bertz CT molecular complexity index is 919. The molecule has 0 radical (unpaired) electrons. The van der Waals surface area contributed by atoms with Gasteiger partial charge in [-0.15, -0.1) is 0 Å². The lowest BCUT2D eigenvalue weighted by Gasteiger charge is -2.19. The number of hydrogen-bond donors (Lipinski definition) is 1. The highest BCUT2D eigenvalue weighted by atomic mass is 32.2. The second kappa shape index (κ2) is 8.36. The van der Waals surface area contributed by atoms with Crippen LogP contribution in [0.25, 0.3) is 10.8 Å². The van der Waals surface area contributed by atoms with Crippen molar-refractivity contribution in [3.63, 3.8) is 0 Å². The molecule has 29 heavy (non-hydrogen) atoms. The molecule has 1 aliphatic carbocycles. The molecule has 0 bridgehead atoms. The Morgan fingerprint density at radius 3 is 2.76 bits per heavy atom. The summed E-state index contributed by atoms with van der Waals surface area (Å²) in [6.45, 7) is 0.612. The Hall–Kier alpha value is -2.05. The molecule has 1 amide bonds. The molecule has 1 N–H and O–H groups in total. The van der Waals surface area contributed by atoms with E-state index in [4.69, 9.17) is 4.74 Å². The average molecular weight is 414 g/mol. The Morgan fingerprint density at radius 2 is 2.03 bits per heavy atom. The van der Waals surface area contributed by atoms with Crippen LogP contribution in [0, 0.1) is 5.41 Å². The number of methoxy groups -OCH3 is 1. The lowest BCUT2D eigenvalue weighted by atomic mass is 10.1. The molecule has 1 fully saturated rings. The van der Waals surface area contributed by atoms with Gasteiger partial charge in [-0.25, -0.2) is 0 Å². The summed E-state index contributed by atoms with van der Waals surface area (Å²) in [5.41, 5.74) is 1.84. The molecule has 2 aromatic rings. The van der Waals surface area contributed by atoms with Crippen LogP contribution >= 0.6 is 11.8 Å². The van der Waals surface area contributed by atoms with Crippen molar-refractivity contribution in [3.8, 4) is 0 Å². The van der Waals surface area contributed by atoms with Gasteiger partial charge in [0.05, 0.1) is 25.3 Å². The Morgan fingerprint density at radius 1 is 1.28 bits per heavy atom. The van der Waals surface area contributed by atoms with Crippen LogP contribution in [0.2, 0.25) is 0 Å². The zero-order valence-electron chi connectivity index (χ0n) is 16.7. The first-order chi connectivity index (χ1) is 14.0. The van der Waals surface area contributed by atoms with Gasteiger partial charge in [-0.2, -0.15) is 11.8 Å². The number of hydrogen-bond acceptors (Lipinski definition) is 5. The quantitative estimate of drug-likeness (QED) is 0.596. The minimum absolute atomic E-state index is 0.0548. The van der Waals surface area contributed by atoms with E-state index in [1.165, 1.54) is 7.11 Å². The first-order valence-corrected chi connectivity index (χ1v) is 11.3. The summed E-state index contributed by atoms with van der Waals surface area (Å²) in [6.07, 6.45) is 3.63. The van der Waals surface area contributed by atoms with Gasteiger partial charge in [-0.05, 0) is 54.4 Å². The molecule has 2 aliphatic rings. The maximum absolute atomic E-state index is 12.8. The highest BCUT2D eigenvalue weighted by molar-refractivity contribution is 7.99. The summed E-state index contributed by atoms with van der Waals surface area (Å²) in [4.78, 5) is 26.1. The van der Waals surface area contributed by atoms with Crippen molar-refractivity contribution in [2.45, 2.75) is 38.2 Å². The molecule has 1 heterocycles. The number of carbonyl (C=O) groups is 2. The first kappa shape index (κ1) is 20.2. The SMILES string of the molecule is COC(=O)CC1(CSCC(O)CCCN2C(=O)c3cccc4cccc2c34)CC1. The van der Waals surface area contributed by atoms with Gasteiger partial charge in [0.2, 0.25) is 0 Å². The van der Waals surface area contributed by atoms with Crippen molar-refractivity contribution < 1.29 is 19.4 Å². The number of carbonyl (C=O) groups excluding carboxylic acids is 2. The molecule has 154 valence electrons. The molecule has 1 saturated carbocycles. The molecule has 0 spiro atoms. The second-order valence-corrected chi connectivity index (χ2v) is 9.23. The third kappa shape index (κ3) is 4.28. The fourth-order valence-corrected chi connectivity index (χ4v) is 5.49. The largest absolute Gasteiger partial charge is 0.469 e. The Labute approximate surface area is 175 Å². The van der Waals surface area contributed by atoms with E-state index in [2.05, 4.69) is 0 Å². The van der Waals surface area contributed by atoms with Crippen LogP contribution in [0.1, 0.15) is 42.5 Å². The van der Waals surface area contributed by atoms with Crippen molar-refractivity contribution in [1.82, 2.24) is 0 Å². The number of esters is 1. The maximum Gasteiger partial charge on any atom is 0.306 e. The van der Waals surface area contributed by atoms with Gasteiger partial charge < -0.3 is 14.7 Å². The van der Waals surface area contributed by atoms with Crippen molar-refractivity contribution >= 4 is 40.1 Å². The van der Waals surface area contributed by atoms with Crippen molar-refractivity contribution in [3.05, 3.63) is 42.0 Å². The zero-order chi connectivity index (χ0) is 20.4. The molecular weight excluding hydrogens is 386 g/mol. The lowest BCUT2D eigenvalue weighted by Crippen LogP contribution is -2.28. The highest BCUT2D eigenvalue weighted by Gasteiger charge is 2.44. The summed E-state index contributed by atoms with van der Waals surface area (Å²) in [6, 6.07) is 11.9. The number of aliphatic hydroxyl groups is 1. The second-order valence-electron chi connectivity index (χ2n) is 8.20. The van der Waals surface area contributed by atoms with Gasteiger partial charge in [0.25, 0.3) is 5.91 Å². The number of anilines is 1. The third-order valence-electron chi connectivity index (χ3n) is 5.99. The average Bonchev–Trinajstić information content (AvgIpc) is 3.43. The fourth-order valence-electron chi connectivity index (χ4n) is 4.11. The predicted molar refractivity (Wildman–Crippen MR) is 116 cm³/mol. The number of thioether (sulfide) groups is 1. The summed E-state index contributed by atoms with van der Waals surface area (Å²) in [5.74, 6) is 1.46. The molecule has 0 aromatic heterocycles. The van der Waals surface area contributed by atoms with Gasteiger partial charge in [0.15, 0.2) is 0 Å². The van der Waals surface area contributed by atoms with Gasteiger partial charge in [-0.3, -0.25) is 9.59 Å². The highest BCUT2D eigenvalue weighted by Crippen LogP contribution is 2.51. The van der Waals surface area contributed by atoms with Crippen molar-refractivity contribution in [2.24, 2.45) is 5.41 Å². The van der Waals surface area contributed by atoms with Gasteiger partial charge in [0.1, 0.15) is 0 Å². The number of rotatable bonds is 10. The molecule has 6 heteroatoms.